The second kappa shape index (κ2) is 6.34. The number of urea groups is 1. The second-order valence-corrected chi connectivity index (χ2v) is 5.15. The Hall–Kier alpha value is -1.63. The van der Waals surface area contributed by atoms with E-state index in [-0.39, 0.29) is 6.54 Å². The van der Waals surface area contributed by atoms with Crippen LogP contribution in [0, 0.1) is 12.8 Å². The lowest BCUT2D eigenvalue weighted by Gasteiger charge is -2.08. The molecule has 1 aromatic rings. The molecule has 2 amide bonds. The summed E-state index contributed by atoms with van der Waals surface area (Å²) in [6.45, 7) is 5.57. The van der Waals surface area contributed by atoms with Gasteiger partial charge in [-0.15, -0.1) is 11.3 Å². The molecule has 0 aliphatic rings. The number of nitrogens with zero attached hydrogens (tertiary/aromatic N) is 1. The average Bonchev–Trinajstić information content (AvgIpc) is 2.66. The summed E-state index contributed by atoms with van der Waals surface area (Å²) in [7, 11) is 0. The predicted octanol–water partition coefficient (Wildman–Crippen LogP) is 1.86. The van der Waals surface area contributed by atoms with Crippen molar-refractivity contribution in [3.8, 4) is 0 Å². The van der Waals surface area contributed by atoms with Crippen LogP contribution in [0.3, 0.4) is 0 Å². The maximum Gasteiger partial charge on any atom is 0.321 e. The van der Waals surface area contributed by atoms with Crippen LogP contribution < -0.4 is 10.6 Å². The number of carbonyl (C=O) groups is 2. The van der Waals surface area contributed by atoms with Gasteiger partial charge in [-0.05, 0) is 13.3 Å². The van der Waals surface area contributed by atoms with Crippen molar-refractivity contribution in [3.05, 3.63) is 10.6 Å². The van der Waals surface area contributed by atoms with Crippen molar-refractivity contribution in [2.24, 2.45) is 5.92 Å². The van der Waals surface area contributed by atoms with Gasteiger partial charge in [0.15, 0.2) is 5.13 Å². The number of amides is 2. The topological polar surface area (TPSA) is 91.3 Å². The van der Waals surface area contributed by atoms with Crippen molar-refractivity contribution in [1.29, 1.82) is 0 Å². The molecule has 1 rings (SSSR count). The summed E-state index contributed by atoms with van der Waals surface area (Å²) >= 11 is 1.41. The van der Waals surface area contributed by atoms with Gasteiger partial charge in [0.1, 0.15) is 0 Å². The molecule has 0 saturated heterocycles. The molecule has 0 bridgehead atoms. The molecule has 3 N–H and O–H groups in total. The van der Waals surface area contributed by atoms with E-state index in [1.54, 1.807) is 0 Å². The van der Waals surface area contributed by atoms with Crippen LogP contribution in [0.5, 0.6) is 0 Å². The number of aliphatic carboxylic acids is 1. The SMILES string of the molecule is CCc1nc(NC(=O)NCC(C)C(=O)O)sc1C. The summed E-state index contributed by atoms with van der Waals surface area (Å²) in [4.78, 5) is 27.4. The monoisotopic (exact) mass is 271 g/mol. The molecule has 7 heteroatoms. The number of hydrogen-bond donors (Lipinski definition) is 3. The zero-order valence-electron chi connectivity index (χ0n) is 10.6. The van der Waals surface area contributed by atoms with E-state index in [1.165, 1.54) is 18.3 Å². The number of nitrogens with one attached hydrogen (secondary N) is 2. The fourth-order valence-corrected chi connectivity index (χ4v) is 2.18. The first-order valence-electron chi connectivity index (χ1n) is 5.68. The molecule has 0 radical (unpaired) electrons. The number of rotatable bonds is 5. The van der Waals surface area contributed by atoms with E-state index in [0.29, 0.717) is 5.13 Å². The lowest BCUT2D eigenvalue weighted by atomic mass is 10.2. The van der Waals surface area contributed by atoms with E-state index in [4.69, 9.17) is 5.11 Å². The summed E-state index contributed by atoms with van der Waals surface area (Å²) in [5.74, 6) is -1.55. The standard InChI is InChI=1S/C11H17N3O3S/c1-4-8-7(3)18-11(13-8)14-10(17)12-5-6(2)9(15)16/h6H,4-5H2,1-3H3,(H,15,16)(H2,12,13,14,17). The number of aryl methyl sites for hydroxylation is 2. The number of carboxylic acids is 1. The van der Waals surface area contributed by atoms with E-state index in [9.17, 15) is 9.59 Å². The van der Waals surface area contributed by atoms with Crippen molar-refractivity contribution < 1.29 is 14.7 Å². The molecule has 18 heavy (non-hydrogen) atoms. The quantitative estimate of drug-likeness (QED) is 0.762. The van der Waals surface area contributed by atoms with Crippen molar-refractivity contribution in [1.82, 2.24) is 10.3 Å². The van der Waals surface area contributed by atoms with Crippen molar-refractivity contribution >= 4 is 28.5 Å². The van der Waals surface area contributed by atoms with E-state index in [1.807, 2.05) is 13.8 Å². The maximum absolute atomic E-state index is 11.5. The van der Waals surface area contributed by atoms with Gasteiger partial charge in [-0.2, -0.15) is 0 Å². The van der Waals surface area contributed by atoms with E-state index in [2.05, 4.69) is 15.6 Å². The zero-order valence-corrected chi connectivity index (χ0v) is 11.4. The van der Waals surface area contributed by atoms with Crippen LogP contribution in [0.25, 0.3) is 0 Å². The Kier molecular flexibility index (Phi) is 5.08. The fourth-order valence-electron chi connectivity index (χ4n) is 1.28. The predicted molar refractivity (Wildman–Crippen MR) is 70.1 cm³/mol. The maximum atomic E-state index is 11.5. The number of carboxylic acid groups (broad SMARTS) is 1. The molecule has 100 valence electrons. The van der Waals surface area contributed by atoms with Gasteiger partial charge in [0.25, 0.3) is 0 Å². The summed E-state index contributed by atoms with van der Waals surface area (Å²) < 4.78 is 0. The zero-order chi connectivity index (χ0) is 13.7. The van der Waals surface area contributed by atoms with Gasteiger partial charge in [-0.25, -0.2) is 9.78 Å². The Bertz CT molecular complexity index is 445. The van der Waals surface area contributed by atoms with E-state index < -0.39 is 17.9 Å². The van der Waals surface area contributed by atoms with E-state index >= 15 is 0 Å². The van der Waals surface area contributed by atoms with Crippen molar-refractivity contribution in [3.63, 3.8) is 0 Å². The first-order chi connectivity index (χ1) is 8.43. The van der Waals surface area contributed by atoms with Gasteiger partial charge in [-0.3, -0.25) is 10.1 Å². The number of aromatic nitrogens is 1. The molecular weight excluding hydrogens is 254 g/mol. The fraction of sp³-hybridized carbons (Fsp3) is 0.545. The number of anilines is 1. The van der Waals surface area contributed by atoms with Crippen LogP contribution in [-0.4, -0.2) is 28.6 Å². The van der Waals surface area contributed by atoms with Gasteiger partial charge < -0.3 is 10.4 Å². The summed E-state index contributed by atoms with van der Waals surface area (Å²) in [5, 5.41) is 14.3. The van der Waals surface area contributed by atoms with Gasteiger partial charge in [0.05, 0.1) is 11.6 Å². The molecule has 1 heterocycles. The Labute approximate surface area is 109 Å². The average molecular weight is 271 g/mol. The van der Waals surface area contributed by atoms with Crippen molar-refractivity contribution in [2.45, 2.75) is 27.2 Å². The highest BCUT2D eigenvalue weighted by atomic mass is 32.1. The summed E-state index contributed by atoms with van der Waals surface area (Å²) in [6, 6.07) is -0.431. The first kappa shape index (κ1) is 14.4. The number of carbonyl (C=O) groups excluding carboxylic acids is 1. The van der Waals surface area contributed by atoms with Crippen molar-refractivity contribution in [2.75, 3.05) is 11.9 Å². The molecule has 1 aromatic heterocycles. The Morgan fingerprint density at radius 3 is 2.67 bits per heavy atom. The van der Waals surface area contributed by atoms with Crippen LogP contribution in [0.2, 0.25) is 0 Å². The molecule has 1 unspecified atom stereocenters. The Balaban J connectivity index is 2.47. The van der Waals surface area contributed by atoms with Crippen LogP contribution in [0.4, 0.5) is 9.93 Å². The third-order valence-electron chi connectivity index (χ3n) is 2.44. The van der Waals surface area contributed by atoms with Gasteiger partial charge in [-0.1, -0.05) is 13.8 Å². The minimum Gasteiger partial charge on any atom is -0.481 e. The third kappa shape index (κ3) is 3.99. The Morgan fingerprint density at radius 1 is 1.50 bits per heavy atom. The first-order valence-corrected chi connectivity index (χ1v) is 6.49. The van der Waals surface area contributed by atoms with Crippen LogP contribution in [0.15, 0.2) is 0 Å². The molecule has 6 nitrogen and oxygen atoms in total. The molecule has 0 aliphatic carbocycles. The Morgan fingerprint density at radius 2 is 2.17 bits per heavy atom. The highest BCUT2D eigenvalue weighted by molar-refractivity contribution is 7.15. The van der Waals surface area contributed by atoms with E-state index in [0.717, 1.165) is 17.0 Å². The van der Waals surface area contributed by atoms with Crippen LogP contribution >= 0.6 is 11.3 Å². The van der Waals surface area contributed by atoms with Gasteiger partial charge in [0, 0.05) is 11.4 Å². The summed E-state index contributed by atoms with van der Waals surface area (Å²) in [5.41, 5.74) is 0.967. The normalized spacial score (nSPS) is 11.9. The number of hydrogen-bond acceptors (Lipinski definition) is 4. The molecule has 0 aliphatic heterocycles. The summed E-state index contributed by atoms with van der Waals surface area (Å²) in [6.07, 6.45) is 0.821. The highest BCUT2D eigenvalue weighted by Gasteiger charge is 2.13. The minimum absolute atomic E-state index is 0.0894. The molecular formula is C11H17N3O3S. The lowest BCUT2D eigenvalue weighted by molar-refractivity contribution is -0.140. The van der Waals surface area contributed by atoms with Gasteiger partial charge in [0.2, 0.25) is 0 Å². The molecule has 0 fully saturated rings. The lowest BCUT2D eigenvalue weighted by Crippen LogP contribution is -2.34. The van der Waals surface area contributed by atoms with Crippen LogP contribution in [0.1, 0.15) is 24.4 Å². The van der Waals surface area contributed by atoms with Gasteiger partial charge >= 0.3 is 12.0 Å². The highest BCUT2D eigenvalue weighted by Crippen LogP contribution is 2.22. The number of thiazole rings is 1. The minimum atomic E-state index is -0.936. The smallest absolute Gasteiger partial charge is 0.321 e. The third-order valence-corrected chi connectivity index (χ3v) is 3.37. The second-order valence-electron chi connectivity index (χ2n) is 3.95. The molecule has 0 saturated carbocycles. The molecule has 0 aromatic carbocycles. The molecule has 0 spiro atoms. The largest absolute Gasteiger partial charge is 0.481 e. The van der Waals surface area contributed by atoms with Crippen LogP contribution in [-0.2, 0) is 11.2 Å². The molecule has 1 atom stereocenters.